The molecule has 6 nitrogen and oxygen atoms in total. The van der Waals surface area contributed by atoms with E-state index in [-0.39, 0.29) is 27.9 Å². The third-order valence-electron chi connectivity index (χ3n) is 4.88. The lowest BCUT2D eigenvalue weighted by Gasteiger charge is -2.36. The van der Waals surface area contributed by atoms with Gasteiger partial charge >= 0.3 is 6.18 Å². The maximum atomic E-state index is 12.8. The second-order valence-electron chi connectivity index (χ2n) is 7.31. The Hall–Kier alpha value is -2.46. The van der Waals surface area contributed by atoms with Crippen LogP contribution < -0.4 is 10.2 Å². The largest absolute Gasteiger partial charge is 0.417 e. The Labute approximate surface area is 193 Å². The molecule has 3 rings (SSSR count). The summed E-state index contributed by atoms with van der Waals surface area (Å²) in [5, 5.41) is 2.31. The standard InChI is InChI=1S/C21H22ClF3N4O2S/c1-13(32-17-5-3-16(4-6-17)27-14(2)30)20(31)29-9-7-28(8-10-29)19-18(22)11-15(12-26-19)21(23,24)25/h3-6,11-13H,7-10H2,1-2H3,(H,27,30). The minimum atomic E-state index is -4.50. The molecule has 0 aliphatic carbocycles. The Kier molecular flexibility index (Phi) is 7.55. The quantitative estimate of drug-likeness (QED) is 0.628. The number of hydrogen-bond donors (Lipinski definition) is 1. The van der Waals surface area contributed by atoms with E-state index in [0.717, 1.165) is 17.2 Å². The van der Waals surface area contributed by atoms with E-state index in [1.165, 1.54) is 18.7 Å². The van der Waals surface area contributed by atoms with Crippen LogP contribution in [0.5, 0.6) is 0 Å². The van der Waals surface area contributed by atoms with Gasteiger partial charge in [0.2, 0.25) is 11.8 Å². The van der Waals surface area contributed by atoms with Crippen molar-refractivity contribution in [2.75, 3.05) is 36.4 Å². The maximum absolute atomic E-state index is 12.8. The number of pyridine rings is 1. The highest BCUT2D eigenvalue weighted by Gasteiger charge is 2.33. The van der Waals surface area contributed by atoms with Gasteiger partial charge in [0.25, 0.3) is 0 Å². The molecule has 1 fully saturated rings. The van der Waals surface area contributed by atoms with E-state index in [0.29, 0.717) is 31.9 Å². The summed E-state index contributed by atoms with van der Waals surface area (Å²) < 4.78 is 38.4. The first-order valence-corrected chi connectivity index (χ1v) is 11.1. The third-order valence-corrected chi connectivity index (χ3v) is 6.25. The number of amides is 2. The van der Waals surface area contributed by atoms with Gasteiger partial charge < -0.3 is 15.1 Å². The number of rotatable bonds is 5. The van der Waals surface area contributed by atoms with Gasteiger partial charge in [-0.1, -0.05) is 11.6 Å². The number of anilines is 2. The van der Waals surface area contributed by atoms with Crippen LogP contribution in [0.15, 0.2) is 41.4 Å². The molecule has 32 heavy (non-hydrogen) atoms. The first-order chi connectivity index (χ1) is 15.0. The minimum Gasteiger partial charge on any atom is -0.352 e. The molecule has 2 aromatic rings. The average molecular weight is 487 g/mol. The predicted octanol–water partition coefficient (Wildman–Crippen LogP) is 4.54. The molecule has 1 aromatic heterocycles. The predicted molar refractivity (Wildman–Crippen MR) is 119 cm³/mol. The summed E-state index contributed by atoms with van der Waals surface area (Å²) >= 11 is 7.46. The lowest BCUT2D eigenvalue weighted by Crippen LogP contribution is -2.51. The Balaban J connectivity index is 1.55. The lowest BCUT2D eigenvalue weighted by atomic mass is 10.2. The van der Waals surface area contributed by atoms with Gasteiger partial charge in [0.15, 0.2) is 0 Å². The summed E-state index contributed by atoms with van der Waals surface area (Å²) in [5.74, 6) is 0.112. The molecule has 1 unspecified atom stereocenters. The fourth-order valence-corrected chi connectivity index (χ4v) is 4.53. The van der Waals surface area contributed by atoms with Crippen LogP contribution in [0.1, 0.15) is 19.4 Å². The van der Waals surface area contributed by atoms with E-state index in [9.17, 15) is 22.8 Å². The highest BCUT2D eigenvalue weighted by molar-refractivity contribution is 8.00. The van der Waals surface area contributed by atoms with E-state index in [2.05, 4.69) is 10.3 Å². The van der Waals surface area contributed by atoms with Gasteiger partial charge in [-0.15, -0.1) is 11.8 Å². The zero-order valence-electron chi connectivity index (χ0n) is 17.4. The number of carbonyl (C=O) groups is 2. The van der Waals surface area contributed by atoms with Crippen molar-refractivity contribution >= 4 is 46.7 Å². The molecule has 172 valence electrons. The number of aromatic nitrogens is 1. The SMILES string of the molecule is CC(=O)Nc1ccc(SC(C)C(=O)N2CCN(c3ncc(C(F)(F)F)cc3Cl)CC2)cc1. The number of alkyl halides is 3. The second-order valence-corrected chi connectivity index (χ2v) is 9.13. The number of piperazine rings is 1. The third kappa shape index (κ3) is 6.07. The zero-order valence-corrected chi connectivity index (χ0v) is 19.0. The highest BCUT2D eigenvalue weighted by atomic mass is 35.5. The number of benzene rings is 1. The van der Waals surface area contributed by atoms with Gasteiger partial charge in [0.05, 0.1) is 15.8 Å². The topological polar surface area (TPSA) is 65.5 Å². The molecule has 1 saturated heterocycles. The molecule has 0 bridgehead atoms. The fourth-order valence-electron chi connectivity index (χ4n) is 3.29. The smallest absolute Gasteiger partial charge is 0.352 e. The van der Waals surface area contributed by atoms with Crippen LogP contribution in [0.4, 0.5) is 24.7 Å². The monoisotopic (exact) mass is 486 g/mol. The first kappa shape index (κ1) is 24.2. The number of carbonyl (C=O) groups excluding carboxylic acids is 2. The molecular formula is C21H22ClF3N4O2S. The van der Waals surface area contributed by atoms with Crippen LogP contribution >= 0.6 is 23.4 Å². The van der Waals surface area contributed by atoms with E-state index >= 15 is 0 Å². The zero-order chi connectivity index (χ0) is 23.5. The van der Waals surface area contributed by atoms with Crippen molar-refractivity contribution < 1.29 is 22.8 Å². The van der Waals surface area contributed by atoms with Gasteiger partial charge in [0.1, 0.15) is 5.82 Å². The second kappa shape index (κ2) is 9.99. The number of hydrogen-bond acceptors (Lipinski definition) is 5. The number of nitrogens with zero attached hydrogens (tertiary/aromatic N) is 3. The Morgan fingerprint density at radius 2 is 1.78 bits per heavy atom. The number of halogens is 4. The minimum absolute atomic E-state index is 0.0212. The van der Waals surface area contributed by atoms with E-state index in [4.69, 9.17) is 11.6 Å². The Morgan fingerprint density at radius 3 is 2.31 bits per heavy atom. The Morgan fingerprint density at radius 1 is 1.16 bits per heavy atom. The van der Waals surface area contributed by atoms with Crippen LogP contribution in [0.2, 0.25) is 5.02 Å². The molecule has 0 saturated carbocycles. The van der Waals surface area contributed by atoms with Gasteiger partial charge in [-0.05, 0) is 37.3 Å². The molecule has 11 heteroatoms. The first-order valence-electron chi connectivity index (χ1n) is 9.85. The van der Waals surface area contributed by atoms with Crippen LogP contribution in [-0.4, -0.2) is 53.1 Å². The van der Waals surface area contributed by atoms with Crippen molar-refractivity contribution in [1.29, 1.82) is 0 Å². The number of nitrogens with one attached hydrogen (secondary N) is 1. The molecule has 1 N–H and O–H groups in total. The van der Waals surface area contributed by atoms with Crippen molar-refractivity contribution in [3.8, 4) is 0 Å². The summed E-state index contributed by atoms with van der Waals surface area (Å²) in [7, 11) is 0. The van der Waals surface area contributed by atoms with Gasteiger partial charge in [-0.25, -0.2) is 4.98 Å². The summed E-state index contributed by atoms with van der Waals surface area (Å²) in [4.78, 5) is 32.3. The summed E-state index contributed by atoms with van der Waals surface area (Å²) in [5.41, 5.74) is -0.205. The van der Waals surface area contributed by atoms with Gasteiger partial charge in [0, 0.05) is 49.9 Å². The number of thioether (sulfide) groups is 1. The molecule has 1 aliphatic heterocycles. The molecule has 2 amide bonds. The van der Waals surface area contributed by atoms with Crippen LogP contribution in [0.3, 0.4) is 0 Å². The molecule has 2 heterocycles. The van der Waals surface area contributed by atoms with E-state index < -0.39 is 11.7 Å². The Bertz CT molecular complexity index is 980. The van der Waals surface area contributed by atoms with Gasteiger partial charge in [-0.3, -0.25) is 9.59 Å². The molecule has 1 aromatic carbocycles. The normalized spacial score (nSPS) is 15.4. The average Bonchev–Trinajstić information content (AvgIpc) is 2.73. The van der Waals surface area contributed by atoms with Crippen molar-refractivity contribution in [3.63, 3.8) is 0 Å². The van der Waals surface area contributed by atoms with E-state index in [1.807, 2.05) is 19.1 Å². The van der Waals surface area contributed by atoms with Crippen LogP contribution in [0.25, 0.3) is 0 Å². The van der Waals surface area contributed by atoms with E-state index in [1.54, 1.807) is 21.9 Å². The summed E-state index contributed by atoms with van der Waals surface area (Å²) in [6.45, 7) is 4.95. The van der Waals surface area contributed by atoms with Crippen molar-refractivity contribution in [2.24, 2.45) is 0 Å². The summed E-state index contributed by atoms with van der Waals surface area (Å²) in [6, 6.07) is 8.12. The molecular weight excluding hydrogens is 465 g/mol. The van der Waals surface area contributed by atoms with Crippen molar-refractivity contribution in [2.45, 2.75) is 30.2 Å². The van der Waals surface area contributed by atoms with Crippen molar-refractivity contribution in [3.05, 3.63) is 47.1 Å². The van der Waals surface area contributed by atoms with Crippen molar-refractivity contribution in [1.82, 2.24) is 9.88 Å². The summed E-state index contributed by atoms with van der Waals surface area (Å²) in [6.07, 6.45) is -3.73. The molecule has 1 atom stereocenters. The maximum Gasteiger partial charge on any atom is 0.417 e. The molecule has 1 aliphatic rings. The highest BCUT2D eigenvalue weighted by Crippen LogP contribution is 2.34. The fraction of sp³-hybridized carbons (Fsp3) is 0.381. The van der Waals surface area contributed by atoms with Gasteiger partial charge in [-0.2, -0.15) is 13.2 Å². The molecule has 0 radical (unpaired) electrons. The van der Waals surface area contributed by atoms with Crippen LogP contribution in [-0.2, 0) is 15.8 Å². The lowest BCUT2D eigenvalue weighted by molar-refractivity contribution is -0.137. The molecule has 0 spiro atoms. The van der Waals surface area contributed by atoms with Crippen LogP contribution in [0, 0.1) is 0 Å².